The van der Waals surface area contributed by atoms with E-state index in [2.05, 4.69) is 36.9 Å². The first-order valence-electron chi connectivity index (χ1n) is 13.5. The van der Waals surface area contributed by atoms with Crippen LogP contribution >= 0.6 is 15.9 Å². The van der Waals surface area contributed by atoms with Crippen molar-refractivity contribution >= 4 is 44.7 Å². The Kier molecular flexibility index (Phi) is 7.09. The Hall–Kier alpha value is -3.35. The molecule has 6 rings (SSSR count). The zero-order valence-corrected chi connectivity index (χ0v) is 23.5. The summed E-state index contributed by atoms with van der Waals surface area (Å²) in [5.41, 5.74) is 1.19. The first-order valence-corrected chi connectivity index (χ1v) is 14.4. The van der Waals surface area contributed by atoms with Crippen molar-refractivity contribution in [3.8, 4) is 0 Å². The number of hydrogen-bond acceptors (Lipinski definition) is 7. The first kappa shape index (κ1) is 26.9. The Morgan fingerprint density at radius 2 is 1.90 bits per heavy atom. The lowest BCUT2D eigenvalue weighted by Crippen LogP contribution is -2.58. The van der Waals surface area contributed by atoms with Gasteiger partial charge in [-0.1, -0.05) is 70.5 Å². The highest BCUT2D eigenvalue weighted by Crippen LogP contribution is 2.60. The van der Waals surface area contributed by atoms with Crippen LogP contribution in [0.3, 0.4) is 0 Å². The average molecular weight is 611 g/mol. The SMILES string of the molecule is CC[C@@H](CO)N1C(=O)[C@@H]2[C@@H](C(=O)NCc3ccccc3)[C@@H]3OC2(CC3Br)C1C(=O)NCn1nnc2ccccc21. The number of aliphatic hydroxyl groups excluding tert-OH is 1. The summed E-state index contributed by atoms with van der Waals surface area (Å²) >= 11 is 3.68. The lowest BCUT2D eigenvalue weighted by molar-refractivity contribution is -0.145. The highest BCUT2D eigenvalue weighted by Gasteiger charge is 2.76. The number of alkyl halides is 1. The molecule has 3 fully saturated rings. The smallest absolute Gasteiger partial charge is 0.247 e. The second kappa shape index (κ2) is 10.6. The van der Waals surface area contributed by atoms with Crippen molar-refractivity contribution in [1.29, 1.82) is 0 Å². The average Bonchev–Trinajstić information content (AvgIpc) is 3.69. The summed E-state index contributed by atoms with van der Waals surface area (Å²) in [5.74, 6) is -2.66. The van der Waals surface area contributed by atoms with Crippen molar-refractivity contribution in [3.05, 3.63) is 60.2 Å². The van der Waals surface area contributed by atoms with Crippen LogP contribution in [0.1, 0.15) is 25.3 Å². The van der Waals surface area contributed by atoms with Gasteiger partial charge in [-0.15, -0.1) is 5.10 Å². The van der Waals surface area contributed by atoms with Gasteiger partial charge in [-0.25, -0.2) is 4.68 Å². The van der Waals surface area contributed by atoms with Gasteiger partial charge in [0, 0.05) is 11.4 Å². The number of likely N-dealkylation sites (tertiary alicyclic amines) is 1. The minimum absolute atomic E-state index is 0.0384. The van der Waals surface area contributed by atoms with Crippen LogP contribution < -0.4 is 10.6 Å². The summed E-state index contributed by atoms with van der Waals surface area (Å²) in [4.78, 5) is 42.9. The van der Waals surface area contributed by atoms with Crippen molar-refractivity contribution < 1.29 is 24.2 Å². The summed E-state index contributed by atoms with van der Waals surface area (Å²) in [7, 11) is 0. The van der Waals surface area contributed by atoms with Gasteiger partial charge in [-0.05, 0) is 30.5 Å². The Balaban J connectivity index is 1.29. The largest absolute Gasteiger partial charge is 0.394 e. The molecule has 3 saturated heterocycles. The number of para-hydroxylation sites is 1. The summed E-state index contributed by atoms with van der Waals surface area (Å²) in [6.07, 6.45) is 0.268. The summed E-state index contributed by atoms with van der Waals surface area (Å²) in [6.45, 7) is 1.90. The molecule has 3 N–H and O–H groups in total. The second-order valence-corrected chi connectivity index (χ2v) is 11.8. The van der Waals surface area contributed by atoms with Gasteiger partial charge < -0.3 is 25.4 Å². The molecule has 2 bridgehead atoms. The third-order valence-electron chi connectivity index (χ3n) is 8.49. The van der Waals surface area contributed by atoms with Gasteiger partial charge in [0.15, 0.2) is 0 Å². The lowest BCUT2D eigenvalue weighted by atomic mass is 9.70. The van der Waals surface area contributed by atoms with Gasteiger partial charge in [0.25, 0.3) is 0 Å². The Morgan fingerprint density at radius 1 is 1.15 bits per heavy atom. The predicted octanol–water partition coefficient (Wildman–Crippen LogP) is 1.34. The van der Waals surface area contributed by atoms with Gasteiger partial charge >= 0.3 is 0 Å². The van der Waals surface area contributed by atoms with E-state index < -0.39 is 41.5 Å². The molecular formula is C28H31BrN6O5. The Morgan fingerprint density at radius 3 is 2.65 bits per heavy atom. The van der Waals surface area contributed by atoms with Gasteiger partial charge in [0.05, 0.1) is 36.1 Å². The van der Waals surface area contributed by atoms with E-state index in [4.69, 9.17) is 4.74 Å². The minimum atomic E-state index is -1.21. The topological polar surface area (TPSA) is 139 Å². The van der Waals surface area contributed by atoms with Gasteiger partial charge in [-0.3, -0.25) is 14.4 Å². The highest BCUT2D eigenvalue weighted by molar-refractivity contribution is 9.09. The van der Waals surface area contributed by atoms with E-state index in [1.54, 1.807) is 4.68 Å². The third-order valence-corrected chi connectivity index (χ3v) is 9.33. The van der Waals surface area contributed by atoms with E-state index in [-0.39, 0.29) is 29.9 Å². The summed E-state index contributed by atoms with van der Waals surface area (Å²) in [6, 6.07) is 15.3. The van der Waals surface area contributed by atoms with Crippen LogP contribution in [0.2, 0.25) is 0 Å². The molecule has 11 nitrogen and oxygen atoms in total. The fraction of sp³-hybridized carbons (Fsp3) is 0.464. The number of nitrogens with one attached hydrogen (secondary N) is 2. The van der Waals surface area contributed by atoms with Crippen molar-refractivity contribution in [1.82, 2.24) is 30.5 Å². The number of aliphatic hydroxyl groups is 1. The van der Waals surface area contributed by atoms with E-state index in [1.807, 2.05) is 61.5 Å². The predicted molar refractivity (Wildman–Crippen MR) is 148 cm³/mol. The molecule has 2 aromatic carbocycles. The Bertz CT molecular complexity index is 1430. The van der Waals surface area contributed by atoms with E-state index in [0.29, 0.717) is 24.9 Å². The highest BCUT2D eigenvalue weighted by atomic mass is 79.9. The number of amides is 3. The van der Waals surface area contributed by atoms with Crippen LogP contribution in [-0.2, 0) is 32.3 Å². The van der Waals surface area contributed by atoms with Crippen molar-refractivity contribution in [2.24, 2.45) is 11.8 Å². The number of fused-ring (bicyclic) bond motifs is 2. The van der Waals surface area contributed by atoms with Crippen LogP contribution in [-0.4, -0.2) is 77.9 Å². The molecule has 40 heavy (non-hydrogen) atoms. The van der Waals surface area contributed by atoms with Gasteiger partial charge in [0.2, 0.25) is 17.7 Å². The molecule has 1 spiro atoms. The summed E-state index contributed by atoms with van der Waals surface area (Å²) < 4.78 is 8.09. The van der Waals surface area contributed by atoms with Crippen LogP contribution in [0.4, 0.5) is 0 Å². The van der Waals surface area contributed by atoms with E-state index in [0.717, 1.165) is 11.1 Å². The molecule has 0 saturated carbocycles. The maximum absolute atomic E-state index is 14.1. The molecule has 1 aromatic heterocycles. The molecule has 3 amide bonds. The van der Waals surface area contributed by atoms with Crippen molar-refractivity contribution in [2.45, 2.75) is 61.6 Å². The zero-order chi connectivity index (χ0) is 28.0. The van der Waals surface area contributed by atoms with Crippen LogP contribution in [0.25, 0.3) is 11.0 Å². The number of nitrogens with zero attached hydrogens (tertiary/aromatic N) is 4. The molecule has 12 heteroatoms. The van der Waals surface area contributed by atoms with E-state index >= 15 is 0 Å². The number of rotatable bonds is 9. The van der Waals surface area contributed by atoms with Gasteiger partial charge in [-0.2, -0.15) is 0 Å². The number of ether oxygens (including phenoxy) is 1. The van der Waals surface area contributed by atoms with Crippen molar-refractivity contribution in [3.63, 3.8) is 0 Å². The van der Waals surface area contributed by atoms with Crippen LogP contribution in [0.15, 0.2) is 54.6 Å². The number of halogens is 1. The number of benzene rings is 2. The molecule has 0 aliphatic carbocycles. The van der Waals surface area contributed by atoms with Gasteiger partial charge in [0.1, 0.15) is 23.8 Å². The van der Waals surface area contributed by atoms with Crippen LogP contribution in [0.5, 0.6) is 0 Å². The van der Waals surface area contributed by atoms with E-state index in [9.17, 15) is 19.5 Å². The molecule has 3 aliphatic heterocycles. The van der Waals surface area contributed by atoms with Crippen molar-refractivity contribution in [2.75, 3.05) is 6.61 Å². The Labute approximate surface area is 239 Å². The molecule has 0 radical (unpaired) electrons. The minimum Gasteiger partial charge on any atom is -0.394 e. The molecular weight excluding hydrogens is 580 g/mol. The molecule has 7 atom stereocenters. The number of aromatic nitrogens is 3. The monoisotopic (exact) mass is 610 g/mol. The number of carbonyl (C=O) groups excluding carboxylic acids is 3. The summed E-state index contributed by atoms with van der Waals surface area (Å²) in [5, 5.41) is 24.4. The standard InChI is InChI=1S/C28H31BrN6O5/c1-2-17(14-36)35-24(26(38)31-15-34-20-11-7-6-10-19(20)32-33-34)28-12-18(29)23(40-28)21(22(28)27(35)39)25(37)30-13-16-8-4-3-5-9-16/h3-11,17-18,21-24,36H,2,12-15H2,1H3,(H,30,37)(H,31,38)/t17-,18?,21+,22-,23+,24?,28?/m0/s1. The molecule has 3 unspecified atom stereocenters. The maximum atomic E-state index is 14.1. The molecule has 3 aliphatic rings. The fourth-order valence-corrected chi connectivity index (χ4v) is 7.60. The quantitative estimate of drug-likeness (QED) is 0.311. The molecule has 4 heterocycles. The van der Waals surface area contributed by atoms with E-state index in [1.165, 1.54) is 4.90 Å². The second-order valence-electron chi connectivity index (χ2n) is 10.6. The third kappa shape index (κ3) is 4.20. The maximum Gasteiger partial charge on any atom is 0.247 e. The first-order chi connectivity index (χ1) is 19.4. The molecule has 3 aromatic rings. The zero-order valence-electron chi connectivity index (χ0n) is 21.9. The molecule has 210 valence electrons. The van der Waals surface area contributed by atoms with Crippen LogP contribution in [0, 0.1) is 11.8 Å². The fourth-order valence-electron chi connectivity index (χ4n) is 6.66. The number of hydrogen-bond donors (Lipinski definition) is 3. The normalized spacial score (nSPS) is 29.5. The lowest BCUT2D eigenvalue weighted by Gasteiger charge is -2.36. The number of carbonyl (C=O) groups is 3.